The summed E-state index contributed by atoms with van der Waals surface area (Å²) in [6, 6.07) is 10.8. The Kier molecular flexibility index (Phi) is 6.71. The summed E-state index contributed by atoms with van der Waals surface area (Å²) < 4.78 is 16.2. The van der Waals surface area contributed by atoms with E-state index in [0.29, 0.717) is 11.3 Å². The second-order valence-electron chi connectivity index (χ2n) is 8.26. The zero-order valence-electron chi connectivity index (χ0n) is 19.6. The number of carbonyl (C=O) groups is 2. The van der Waals surface area contributed by atoms with Gasteiger partial charge < -0.3 is 14.2 Å². The number of ether oxygens (including phenoxy) is 3. The number of aryl methyl sites for hydroxylation is 3. The Hall–Kier alpha value is -3.16. The summed E-state index contributed by atoms with van der Waals surface area (Å²) in [6.45, 7) is 9.26. The highest BCUT2D eigenvalue weighted by atomic mass is 16.8. The zero-order valence-corrected chi connectivity index (χ0v) is 19.6. The first-order chi connectivity index (χ1) is 15.1. The van der Waals surface area contributed by atoms with E-state index in [1.165, 1.54) is 19.3 Å². The van der Waals surface area contributed by atoms with Crippen molar-refractivity contribution in [2.24, 2.45) is 0 Å². The molecule has 0 N–H and O–H groups in total. The van der Waals surface area contributed by atoms with E-state index in [1.807, 2.05) is 32.9 Å². The number of hydrogen-bond donors (Lipinski definition) is 0. The summed E-state index contributed by atoms with van der Waals surface area (Å²) in [7, 11) is 2.96. The fourth-order valence-electron chi connectivity index (χ4n) is 4.11. The number of hydroxylamine groups is 2. The quantitative estimate of drug-likeness (QED) is 0.472. The number of methoxy groups -OCH3 is 2. The second-order valence-corrected chi connectivity index (χ2v) is 8.26. The molecule has 1 amide bonds. The van der Waals surface area contributed by atoms with Crippen LogP contribution >= 0.6 is 0 Å². The van der Waals surface area contributed by atoms with Crippen LogP contribution in [0.3, 0.4) is 0 Å². The average Bonchev–Trinajstić information content (AvgIpc) is 2.91. The molecule has 32 heavy (non-hydrogen) atoms. The van der Waals surface area contributed by atoms with Crippen LogP contribution in [0.2, 0.25) is 0 Å². The highest BCUT2D eigenvalue weighted by molar-refractivity contribution is 6.23. The number of benzene rings is 2. The van der Waals surface area contributed by atoms with E-state index in [4.69, 9.17) is 19.0 Å². The standard InChI is InChI=1S/C25H29NO6/c1-15-12-16(2)20(17(3)13-15)21-22(25(4,5)26(23(21)27)31-14-29-6)32-24(28)18-10-8-9-11-19(18)30-7/h8-13H,14H2,1-7H3. The number of esters is 1. The maximum absolute atomic E-state index is 13.5. The van der Waals surface area contributed by atoms with E-state index < -0.39 is 17.4 Å². The van der Waals surface area contributed by atoms with Gasteiger partial charge in [0.1, 0.15) is 22.6 Å². The van der Waals surface area contributed by atoms with Gasteiger partial charge in [-0.05, 0) is 63.4 Å². The number of nitrogens with zero attached hydrogens (tertiary/aromatic N) is 1. The molecule has 1 aliphatic heterocycles. The van der Waals surface area contributed by atoms with E-state index >= 15 is 0 Å². The Morgan fingerprint density at radius 3 is 2.25 bits per heavy atom. The molecule has 0 aromatic heterocycles. The van der Waals surface area contributed by atoms with Crippen molar-refractivity contribution in [3.05, 3.63) is 70.0 Å². The summed E-state index contributed by atoms with van der Waals surface area (Å²) in [5.41, 5.74) is 3.10. The lowest BCUT2D eigenvalue weighted by Gasteiger charge is -2.31. The first-order valence-corrected chi connectivity index (χ1v) is 10.3. The Bertz CT molecular complexity index is 1060. The minimum atomic E-state index is -1.06. The number of rotatable bonds is 7. The number of hydrogen-bond acceptors (Lipinski definition) is 6. The Morgan fingerprint density at radius 1 is 1.03 bits per heavy atom. The molecule has 0 spiro atoms. The van der Waals surface area contributed by atoms with Crippen molar-refractivity contribution in [2.75, 3.05) is 21.0 Å². The first-order valence-electron chi connectivity index (χ1n) is 10.3. The number of amides is 1. The summed E-state index contributed by atoms with van der Waals surface area (Å²) >= 11 is 0. The van der Waals surface area contributed by atoms with Crippen molar-refractivity contribution >= 4 is 17.4 Å². The van der Waals surface area contributed by atoms with Gasteiger partial charge in [-0.25, -0.2) is 14.7 Å². The van der Waals surface area contributed by atoms with Gasteiger partial charge in [0.25, 0.3) is 5.91 Å². The lowest BCUT2D eigenvalue weighted by molar-refractivity contribution is -0.238. The Morgan fingerprint density at radius 2 is 1.66 bits per heavy atom. The minimum Gasteiger partial charge on any atom is -0.496 e. The van der Waals surface area contributed by atoms with Crippen molar-refractivity contribution in [3.8, 4) is 5.75 Å². The molecule has 3 rings (SSSR count). The van der Waals surface area contributed by atoms with Crippen LogP contribution in [0.25, 0.3) is 5.57 Å². The van der Waals surface area contributed by atoms with Crippen LogP contribution in [0.1, 0.15) is 46.5 Å². The highest BCUT2D eigenvalue weighted by Crippen LogP contribution is 2.43. The SMILES string of the molecule is COCON1C(=O)C(c2c(C)cc(C)cc2C)=C(OC(=O)c2ccccc2OC)C1(C)C. The van der Waals surface area contributed by atoms with Gasteiger partial charge in [-0.1, -0.05) is 29.8 Å². The molecular formula is C25H29NO6. The van der Waals surface area contributed by atoms with Gasteiger partial charge in [0.2, 0.25) is 0 Å². The van der Waals surface area contributed by atoms with Crippen molar-refractivity contribution in [3.63, 3.8) is 0 Å². The molecule has 0 fully saturated rings. The molecule has 0 aliphatic carbocycles. The van der Waals surface area contributed by atoms with Crippen molar-refractivity contribution < 1.29 is 28.6 Å². The summed E-state index contributed by atoms with van der Waals surface area (Å²) in [5.74, 6) is -0.418. The van der Waals surface area contributed by atoms with E-state index in [-0.39, 0.29) is 18.1 Å². The van der Waals surface area contributed by atoms with Gasteiger partial charge >= 0.3 is 5.97 Å². The largest absolute Gasteiger partial charge is 0.496 e. The molecule has 0 bridgehead atoms. The minimum absolute atomic E-state index is 0.123. The molecular weight excluding hydrogens is 410 g/mol. The van der Waals surface area contributed by atoms with Crippen LogP contribution in [0.4, 0.5) is 0 Å². The van der Waals surface area contributed by atoms with Crippen molar-refractivity contribution in [1.29, 1.82) is 0 Å². The van der Waals surface area contributed by atoms with E-state index in [1.54, 1.807) is 38.1 Å². The van der Waals surface area contributed by atoms with Crippen molar-refractivity contribution in [1.82, 2.24) is 5.06 Å². The smallest absolute Gasteiger partial charge is 0.347 e. The normalized spacial score (nSPS) is 15.3. The molecule has 170 valence electrons. The van der Waals surface area contributed by atoms with Crippen LogP contribution < -0.4 is 4.74 Å². The van der Waals surface area contributed by atoms with Crippen LogP contribution in [-0.4, -0.2) is 43.5 Å². The molecule has 2 aromatic rings. The van der Waals surface area contributed by atoms with Crippen LogP contribution in [0.5, 0.6) is 5.75 Å². The monoisotopic (exact) mass is 439 g/mol. The average molecular weight is 440 g/mol. The van der Waals surface area contributed by atoms with Gasteiger partial charge in [-0.3, -0.25) is 4.79 Å². The fraction of sp³-hybridized carbons (Fsp3) is 0.360. The van der Waals surface area contributed by atoms with Gasteiger partial charge in [-0.2, -0.15) is 0 Å². The van der Waals surface area contributed by atoms with Crippen LogP contribution in [0.15, 0.2) is 42.2 Å². The highest BCUT2D eigenvalue weighted by Gasteiger charge is 2.50. The summed E-state index contributed by atoms with van der Waals surface area (Å²) in [4.78, 5) is 32.3. The van der Waals surface area contributed by atoms with E-state index in [2.05, 4.69) is 0 Å². The topological polar surface area (TPSA) is 74.3 Å². The first kappa shape index (κ1) is 23.5. The van der Waals surface area contributed by atoms with Crippen LogP contribution in [-0.2, 0) is 19.1 Å². The molecule has 7 nitrogen and oxygen atoms in total. The fourth-order valence-corrected chi connectivity index (χ4v) is 4.11. The number of para-hydroxylation sites is 1. The van der Waals surface area contributed by atoms with E-state index in [0.717, 1.165) is 22.3 Å². The Labute approximate surface area is 188 Å². The summed E-state index contributed by atoms with van der Waals surface area (Å²) in [5, 5.41) is 1.20. The van der Waals surface area contributed by atoms with Crippen LogP contribution in [0, 0.1) is 20.8 Å². The van der Waals surface area contributed by atoms with Gasteiger partial charge in [0, 0.05) is 7.11 Å². The number of carbonyl (C=O) groups excluding carboxylic acids is 2. The van der Waals surface area contributed by atoms with Gasteiger partial charge in [0.15, 0.2) is 6.79 Å². The predicted molar refractivity (Wildman–Crippen MR) is 120 cm³/mol. The third-order valence-electron chi connectivity index (χ3n) is 5.44. The molecule has 0 radical (unpaired) electrons. The molecule has 2 aromatic carbocycles. The molecule has 7 heteroatoms. The van der Waals surface area contributed by atoms with Gasteiger partial charge in [0.05, 0.1) is 12.7 Å². The predicted octanol–water partition coefficient (Wildman–Crippen LogP) is 4.34. The lowest BCUT2D eigenvalue weighted by Crippen LogP contribution is -2.44. The van der Waals surface area contributed by atoms with E-state index in [9.17, 15) is 9.59 Å². The maximum Gasteiger partial charge on any atom is 0.347 e. The third-order valence-corrected chi connectivity index (χ3v) is 5.44. The lowest BCUT2D eigenvalue weighted by atomic mass is 9.91. The third kappa shape index (κ3) is 4.13. The molecule has 0 atom stereocenters. The maximum atomic E-state index is 13.5. The molecule has 1 heterocycles. The van der Waals surface area contributed by atoms with Gasteiger partial charge in [-0.15, -0.1) is 0 Å². The second kappa shape index (κ2) is 9.14. The molecule has 1 aliphatic rings. The summed E-state index contributed by atoms with van der Waals surface area (Å²) in [6.07, 6.45) is 0. The molecule has 0 saturated heterocycles. The molecule has 0 saturated carbocycles. The van der Waals surface area contributed by atoms with Crippen molar-refractivity contribution in [2.45, 2.75) is 40.2 Å². The molecule has 0 unspecified atom stereocenters. The zero-order chi connectivity index (χ0) is 23.6. The Balaban J connectivity index is 2.18.